The second-order valence-electron chi connectivity index (χ2n) is 14.1. The minimum Gasteiger partial charge on any atom is -0.337 e. The van der Waals surface area contributed by atoms with Crippen LogP contribution in [0.1, 0.15) is 73.0 Å². The highest BCUT2D eigenvalue weighted by Crippen LogP contribution is 2.52. The van der Waals surface area contributed by atoms with Gasteiger partial charge in [-0.2, -0.15) is 5.26 Å². The van der Waals surface area contributed by atoms with Crippen LogP contribution < -0.4 is 5.32 Å². The highest BCUT2D eigenvalue weighted by Gasteiger charge is 2.51. The van der Waals surface area contributed by atoms with Crippen LogP contribution in [0.15, 0.2) is 30.3 Å². The topological polar surface area (TPSA) is 118 Å². The lowest BCUT2D eigenvalue weighted by Crippen LogP contribution is -2.41. The predicted octanol–water partition coefficient (Wildman–Crippen LogP) is 6.82. The fourth-order valence-corrected chi connectivity index (χ4v) is 9.15. The number of aromatic nitrogens is 6. The molecule has 10 rings (SSSR count). The van der Waals surface area contributed by atoms with Crippen LogP contribution in [-0.4, -0.2) is 59.7 Å². The summed E-state index contributed by atoms with van der Waals surface area (Å²) in [5, 5.41) is 27.8. The monoisotopic (exact) mass is 697 g/mol. The first-order valence-electron chi connectivity index (χ1n) is 17.0. The van der Waals surface area contributed by atoms with Crippen molar-refractivity contribution in [1.82, 2.24) is 40.0 Å². The number of nitrogens with one attached hydrogen (secondary N) is 1. The molecule has 0 spiro atoms. The first kappa shape index (κ1) is 30.9. The fourth-order valence-electron chi connectivity index (χ4n) is 8.75. The van der Waals surface area contributed by atoms with Crippen LogP contribution in [-0.2, 0) is 11.2 Å². The van der Waals surface area contributed by atoms with Gasteiger partial charge < -0.3 is 14.8 Å². The highest BCUT2D eigenvalue weighted by molar-refractivity contribution is 6.43. The number of benzene rings is 2. The van der Waals surface area contributed by atoms with E-state index in [0.717, 1.165) is 42.4 Å². The van der Waals surface area contributed by atoms with E-state index < -0.39 is 5.82 Å². The molecule has 2 aromatic carbocycles. The summed E-state index contributed by atoms with van der Waals surface area (Å²) in [6.45, 7) is 5.25. The van der Waals surface area contributed by atoms with Crippen LogP contribution in [0.25, 0.3) is 32.9 Å². The lowest BCUT2D eigenvalue weighted by molar-refractivity contribution is -0.133. The number of hydrogen-bond acceptors (Lipinski definition) is 7. The van der Waals surface area contributed by atoms with E-state index in [-0.39, 0.29) is 53.0 Å². The Hall–Kier alpha value is -4.11. The molecule has 5 unspecified atom stereocenters. The third kappa shape index (κ3) is 4.71. The van der Waals surface area contributed by atoms with E-state index in [1.165, 1.54) is 0 Å². The van der Waals surface area contributed by atoms with Crippen LogP contribution in [0.2, 0.25) is 10.0 Å². The molecular weight excluding hydrogens is 664 g/mol. The Morgan fingerprint density at radius 1 is 1.16 bits per heavy atom. The average molecular weight is 699 g/mol. The van der Waals surface area contributed by atoms with Crippen molar-refractivity contribution < 1.29 is 9.18 Å². The number of rotatable bonds is 7. The van der Waals surface area contributed by atoms with Gasteiger partial charge in [-0.25, -0.2) is 14.1 Å². The molecule has 2 aliphatic carbocycles. The van der Waals surface area contributed by atoms with Crippen LogP contribution in [0.3, 0.4) is 0 Å². The Balaban J connectivity index is 1.30. The number of amides is 1. The van der Waals surface area contributed by atoms with Crippen molar-refractivity contribution in [3.8, 4) is 17.2 Å². The van der Waals surface area contributed by atoms with Gasteiger partial charge in [0.1, 0.15) is 11.3 Å². The number of nitrogens with zero attached hydrogens (tertiary/aromatic N) is 8. The van der Waals surface area contributed by atoms with Gasteiger partial charge in [-0.3, -0.25) is 4.79 Å². The number of aryl methyl sites for hydroxylation is 3. The van der Waals surface area contributed by atoms with Crippen molar-refractivity contribution >= 4 is 50.9 Å². The number of tetrazole rings is 1. The third-order valence-electron chi connectivity index (χ3n) is 11.3. The van der Waals surface area contributed by atoms with Crippen molar-refractivity contribution in [3.63, 3.8) is 0 Å². The van der Waals surface area contributed by atoms with E-state index in [1.54, 1.807) is 18.2 Å². The lowest BCUT2D eigenvalue weighted by Gasteiger charge is -2.39. The van der Waals surface area contributed by atoms with Gasteiger partial charge in [-0.05, 0) is 86.1 Å². The third-order valence-corrected chi connectivity index (χ3v) is 12.1. The fraction of sp³-hybridized carbons (Fsp3) is 0.444. The molecular formula is C36H34Cl2FN9O. The zero-order valence-electron chi connectivity index (χ0n) is 27.1. The predicted molar refractivity (Wildman–Crippen MR) is 184 cm³/mol. The smallest absolute Gasteiger partial charge is 0.226 e. The molecule has 5 aromatic rings. The molecule has 10 nitrogen and oxygen atoms in total. The standard InChI is InChI=1S/C36H34Cl2FN9O/c1-17-24-14-29(28-13-22(48-18(2)43-44-45-48)16-46(28)36(49)19-8-9-19)47(34-21-12-27(34)41-15-21)35(24)25-11-20(5-4-10-40)30(32(39)33(25)42-17)23-6-3-7-26(37)31(23)38/h3,6-7,11,14,19,21-22,27-28,34,41H,4-5,8-9,12-13,15-16H2,1-2H3. The van der Waals surface area contributed by atoms with Gasteiger partial charge in [0.15, 0.2) is 5.82 Å². The number of nitriles is 1. The summed E-state index contributed by atoms with van der Waals surface area (Å²) in [5.41, 5.74) is 4.39. The molecule has 49 heavy (non-hydrogen) atoms. The van der Waals surface area contributed by atoms with Gasteiger partial charge in [-0.15, -0.1) is 5.10 Å². The Morgan fingerprint density at radius 2 is 2.00 bits per heavy atom. The van der Waals surface area contributed by atoms with Crippen molar-refractivity contribution in [2.45, 2.75) is 76.5 Å². The van der Waals surface area contributed by atoms with E-state index >= 15 is 4.39 Å². The van der Waals surface area contributed by atoms with E-state index in [9.17, 15) is 10.1 Å². The minimum atomic E-state index is -0.482. The molecule has 1 amide bonds. The summed E-state index contributed by atoms with van der Waals surface area (Å²) in [5.74, 6) is 0.880. The van der Waals surface area contributed by atoms with Gasteiger partial charge in [0.25, 0.3) is 0 Å². The van der Waals surface area contributed by atoms with Gasteiger partial charge in [0, 0.05) is 64.8 Å². The number of pyridine rings is 1. The van der Waals surface area contributed by atoms with Crippen molar-refractivity contribution in [3.05, 3.63) is 69.0 Å². The molecule has 1 N–H and O–H groups in total. The zero-order valence-corrected chi connectivity index (χ0v) is 28.6. The molecule has 5 atom stereocenters. The maximum absolute atomic E-state index is 17.1. The second kappa shape index (κ2) is 11.5. The van der Waals surface area contributed by atoms with Crippen molar-refractivity contribution in [2.75, 3.05) is 13.1 Å². The van der Waals surface area contributed by atoms with E-state index in [2.05, 4.69) is 37.5 Å². The number of hydrogen-bond donors (Lipinski definition) is 1. The SMILES string of the molecule is Cc1nc2c(F)c(-c3cccc(Cl)c3Cl)c(CCC#N)cc2c2c1cc(C1CC(n3nnnc3C)CN1C(=O)C1CC1)n2C1C2CNC1C2. The normalized spacial score (nSPS) is 24.6. The number of likely N-dealkylation sites (tertiary alicyclic amines) is 1. The van der Waals surface area contributed by atoms with E-state index in [4.69, 9.17) is 28.2 Å². The molecule has 2 saturated carbocycles. The van der Waals surface area contributed by atoms with Crippen LogP contribution >= 0.6 is 23.2 Å². The molecule has 3 saturated heterocycles. The van der Waals surface area contributed by atoms with Gasteiger partial charge in [-0.1, -0.05) is 35.3 Å². The van der Waals surface area contributed by atoms with Gasteiger partial charge >= 0.3 is 0 Å². The van der Waals surface area contributed by atoms with Crippen LogP contribution in [0, 0.1) is 42.8 Å². The first-order valence-corrected chi connectivity index (χ1v) is 17.8. The first-order chi connectivity index (χ1) is 23.7. The van der Waals surface area contributed by atoms with Crippen LogP contribution in [0.5, 0.6) is 0 Å². The average Bonchev–Trinajstić information content (AvgIpc) is 3.53. The maximum Gasteiger partial charge on any atom is 0.226 e. The maximum atomic E-state index is 17.1. The minimum absolute atomic E-state index is 0.0494. The molecule has 3 aromatic heterocycles. The molecule has 6 heterocycles. The summed E-state index contributed by atoms with van der Waals surface area (Å²) in [6.07, 6.45) is 4.10. The summed E-state index contributed by atoms with van der Waals surface area (Å²) < 4.78 is 21.4. The quantitative estimate of drug-likeness (QED) is 0.198. The zero-order chi connectivity index (χ0) is 33.7. The molecule has 2 bridgehead atoms. The van der Waals surface area contributed by atoms with Gasteiger partial charge in [0.05, 0.1) is 39.8 Å². The Bertz CT molecular complexity index is 2220. The molecule has 3 aliphatic heterocycles. The summed E-state index contributed by atoms with van der Waals surface area (Å²) in [6, 6.07) is 11.8. The molecule has 5 aliphatic rings. The summed E-state index contributed by atoms with van der Waals surface area (Å²) >= 11 is 13.1. The number of carbonyl (C=O) groups excluding carboxylic acids is 1. The van der Waals surface area contributed by atoms with E-state index in [0.29, 0.717) is 63.9 Å². The molecule has 0 radical (unpaired) electrons. The van der Waals surface area contributed by atoms with Crippen LogP contribution in [0.4, 0.5) is 4.39 Å². The number of halogens is 3. The molecule has 13 heteroatoms. The molecule has 5 fully saturated rings. The highest BCUT2D eigenvalue weighted by atomic mass is 35.5. The second-order valence-corrected chi connectivity index (χ2v) is 14.9. The number of carbonyl (C=O) groups is 1. The molecule has 250 valence electrons. The Kier molecular flexibility index (Phi) is 7.24. The van der Waals surface area contributed by atoms with E-state index in [1.807, 2.05) is 29.5 Å². The Labute approximate surface area is 292 Å². The number of fused-ring (bicyclic) bond motifs is 4. The Morgan fingerprint density at radius 3 is 2.69 bits per heavy atom. The van der Waals surface area contributed by atoms with Gasteiger partial charge in [0.2, 0.25) is 5.91 Å². The van der Waals surface area contributed by atoms with Crippen molar-refractivity contribution in [1.29, 1.82) is 5.26 Å². The largest absolute Gasteiger partial charge is 0.337 e. The summed E-state index contributed by atoms with van der Waals surface area (Å²) in [7, 11) is 0. The summed E-state index contributed by atoms with van der Waals surface area (Å²) in [4.78, 5) is 20.9. The van der Waals surface area contributed by atoms with Crippen molar-refractivity contribution in [2.24, 2.45) is 11.8 Å². The lowest BCUT2D eigenvalue weighted by atomic mass is 9.79.